The monoisotopic (exact) mass is 292 g/mol. The van der Waals surface area contributed by atoms with Crippen molar-refractivity contribution in [2.75, 3.05) is 18.0 Å². The fourth-order valence-electron chi connectivity index (χ4n) is 3.29. The molecule has 1 fully saturated rings. The van der Waals surface area contributed by atoms with Crippen LogP contribution in [-0.4, -0.2) is 19.1 Å². The Labute approximate surface area is 128 Å². The largest absolute Gasteiger partial charge is 0.369 e. The van der Waals surface area contributed by atoms with Gasteiger partial charge >= 0.3 is 0 Å². The molecular formula is C18H29FN2. The van der Waals surface area contributed by atoms with Crippen LogP contribution in [0.25, 0.3) is 0 Å². The fraction of sp³-hybridized carbons (Fsp3) is 0.667. The molecule has 3 heteroatoms. The van der Waals surface area contributed by atoms with Crippen LogP contribution in [0, 0.1) is 17.2 Å². The molecule has 1 saturated heterocycles. The Bertz CT molecular complexity index is 469. The molecule has 21 heavy (non-hydrogen) atoms. The number of piperidine rings is 1. The number of halogens is 1. The van der Waals surface area contributed by atoms with Crippen molar-refractivity contribution in [1.82, 2.24) is 0 Å². The number of anilines is 1. The fourth-order valence-corrected chi connectivity index (χ4v) is 3.29. The third-order valence-electron chi connectivity index (χ3n) is 4.63. The Morgan fingerprint density at radius 2 is 1.90 bits per heavy atom. The van der Waals surface area contributed by atoms with Gasteiger partial charge in [-0.05, 0) is 55.2 Å². The van der Waals surface area contributed by atoms with E-state index in [9.17, 15) is 4.39 Å². The van der Waals surface area contributed by atoms with Gasteiger partial charge in [-0.15, -0.1) is 0 Å². The number of rotatable bonds is 3. The van der Waals surface area contributed by atoms with Crippen LogP contribution in [0.15, 0.2) is 18.2 Å². The molecule has 1 aromatic carbocycles. The number of hydrogen-bond acceptors (Lipinski definition) is 2. The highest BCUT2D eigenvalue weighted by molar-refractivity contribution is 5.49. The molecule has 0 bridgehead atoms. The average molecular weight is 292 g/mol. The Kier molecular flexibility index (Phi) is 4.92. The van der Waals surface area contributed by atoms with Gasteiger partial charge in [0.1, 0.15) is 5.82 Å². The zero-order chi connectivity index (χ0) is 15.6. The average Bonchev–Trinajstić information content (AvgIpc) is 2.37. The first kappa shape index (κ1) is 16.3. The number of nitrogens with two attached hydrogens (primary N) is 1. The molecule has 0 spiro atoms. The van der Waals surface area contributed by atoms with E-state index < -0.39 is 0 Å². The van der Waals surface area contributed by atoms with E-state index in [0.29, 0.717) is 5.41 Å². The summed E-state index contributed by atoms with van der Waals surface area (Å²) in [6.45, 7) is 10.8. The first-order valence-corrected chi connectivity index (χ1v) is 8.06. The van der Waals surface area contributed by atoms with E-state index in [-0.39, 0.29) is 11.9 Å². The summed E-state index contributed by atoms with van der Waals surface area (Å²) in [4.78, 5) is 2.19. The van der Waals surface area contributed by atoms with Gasteiger partial charge in [-0.3, -0.25) is 0 Å². The van der Waals surface area contributed by atoms with Crippen molar-refractivity contribution in [3.05, 3.63) is 29.6 Å². The predicted molar refractivity (Wildman–Crippen MR) is 88.1 cm³/mol. The molecule has 1 unspecified atom stereocenters. The van der Waals surface area contributed by atoms with Crippen molar-refractivity contribution in [3.63, 3.8) is 0 Å². The highest BCUT2D eigenvalue weighted by Gasteiger charge is 2.29. The molecule has 0 aromatic heterocycles. The smallest absolute Gasteiger partial charge is 0.146 e. The van der Waals surface area contributed by atoms with Crippen LogP contribution < -0.4 is 10.6 Å². The first-order chi connectivity index (χ1) is 9.77. The Hall–Kier alpha value is -1.09. The number of benzene rings is 1. The van der Waals surface area contributed by atoms with Gasteiger partial charge in [0.15, 0.2) is 0 Å². The lowest BCUT2D eigenvalue weighted by Crippen LogP contribution is -2.38. The SMILES string of the molecule is CC(N)Cc1ccc(N2CCC(C(C)(C)C)CC2)c(F)c1. The molecule has 2 N–H and O–H groups in total. The Balaban J connectivity index is 2.04. The van der Waals surface area contributed by atoms with Crippen LogP contribution in [0.3, 0.4) is 0 Å². The lowest BCUT2D eigenvalue weighted by atomic mass is 9.75. The molecule has 1 aliphatic heterocycles. The molecule has 0 aliphatic carbocycles. The molecule has 2 nitrogen and oxygen atoms in total. The van der Waals surface area contributed by atoms with Crippen molar-refractivity contribution in [2.45, 2.75) is 53.0 Å². The minimum atomic E-state index is -0.109. The van der Waals surface area contributed by atoms with Crippen molar-refractivity contribution in [2.24, 2.45) is 17.1 Å². The summed E-state index contributed by atoms with van der Waals surface area (Å²) in [5.41, 5.74) is 7.86. The molecule has 0 radical (unpaired) electrons. The second kappa shape index (κ2) is 6.35. The normalized spacial score (nSPS) is 18.9. The summed E-state index contributed by atoms with van der Waals surface area (Å²) in [5.74, 6) is 0.622. The molecule has 1 aliphatic rings. The summed E-state index contributed by atoms with van der Waals surface area (Å²) in [6.07, 6.45) is 3.01. The lowest BCUT2D eigenvalue weighted by molar-refractivity contribution is 0.198. The maximum Gasteiger partial charge on any atom is 0.146 e. The van der Waals surface area contributed by atoms with Gasteiger partial charge in [0.05, 0.1) is 5.69 Å². The summed E-state index contributed by atoms with van der Waals surface area (Å²) in [7, 11) is 0. The van der Waals surface area contributed by atoms with Gasteiger partial charge in [-0.2, -0.15) is 0 Å². The van der Waals surface area contributed by atoms with Crippen LogP contribution in [0.1, 0.15) is 46.1 Å². The quantitative estimate of drug-likeness (QED) is 0.913. The van der Waals surface area contributed by atoms with Crippen molar-refractivity contribution < 1.29 is 4.39 Å². The van der Waals surface area contributed by atoms with Crippen molar-refractivity contribution in [1.29, 1.82) is 0 Å². The van der Waals surface area contributed by atoms with Crippen LogP contribution in [0.2, 0.25) is 0 Å². The summed E-state index contributed by atoms with van der Waals surface area (Å²) >= 11 is 0. The minimum Gasteiger partial charge on any atom is -0.369 e. The summed E-state index contributed by atoms with van der Waals surface area (Å²) in [6, 6.07) is 5.65. The van der Waals surface area contributed by atoms with Crippen LogP contribution >= 0.6 is 0 Å². The van der Waals surface area contributed by atoms with Gasteiger partial charge in [-0.1, -0.05) is 26.8 Å². The van der Waals surface area contributed by atoms with Crippen LogP contribution in [0.5, 0.6) is 0 Å². The number of nitrogens with zero attached hydrogens (tertiary/aromatic N) is 1. The third kappa shape index (κ3) is 4.19. The second-order valence-electron chi connectivity index (χ2n) is 7.59. The standard InChI is InChI=1S/C18H29FN2/c1-13(20)11-14-5-6-17(16(19)12-14)21-9-7-15(8-10-21)18(2,3)4/h5-6,12-13,15H,7-11,20H2,1-4H3. The third-order valence-corrected chi connectivity index (χ3v) is 4.63. The molecule has 0 saturated carbocycles. The highest BCUT2D eigenvalue weighted by Crippen LogP contribution is 2.36. The minimum absolute atomic E-state index is 0.0674. The topological polar surface area (TPSA) is 29.3 Å². The lowest BCUT2D eigenvalue weighted by Gasteiger charge is -2.39. The summed E-state index contributed by atoms with van der Waals surface area (Å²) < 4.78 is 14.3. The van der Waals surface area contributed by atoms with E-state index in [1.807, 2.05) is 19.1 Å². The van der Waals surface area contributed by atoms with Crippen LogP contribution in [-0.2, 0) is 6.42 Å². The Morgan fingerprint density at radius 3 is 2.38 bits per heavy atom. The van der Waals surface area contributed by atoms with Crippen molar-refractivity contribution >= 4 is 5.69 Å². The second-order valence-corrected chi connectivity index (χ2v) is 7.59. The van der Waals surface area contributed by atoms with E-state index in [1.165, 1.54) is 0 Å². The molecule has 1 aromatic rings. The molecule has 1 heterocycles. The van der Waals surface area contributed by atoms with E-state index in [2.05, 4.69) is 25.7 Å². The molecule has 1 atom stereocenters. The summed E-state index contributed by atoms with van der Waals surface area (Å²) in [5, 5.41) is 0. The van der Waals surface area contributed by atoms with Gasteiger partial charge in [-0.25, -0.2) is 4.39 Å². The first-order valence-electron chi connectivity index (χ1n) is 8.06. The predicted octanol–water partition coefficient (Wildman–Crippen LogP) is 3.98. The van der Waals surface area contributed by atoms with E-state index in [4.69, 9.17) is 5.73 Å². The molecule has 2 rings (SSSR count). The van der Waals surface area contributed by atoms with Crippen molar-refractivity contribution in [3.8, 4) is 0 Å². The maximum atomic E-state index is 14.3. The Morgan fingerprint density at radius 1 is 1.29 bits per heavy atom. The maximum absolute atomic E-state index is 14.3. The zero-order valence-corrected chi connectivity index (χ0v) is 13.8. The van der Waals surface area contributed by atoms with Gasteiger partial charge < -0.3 is 10.6 Å². The number of hydrogen-bond donors (Lipinski definition) is 1. The van der Waals surface area contributed by atoms with E-state index >= 15 is 0 Å². The van der Waals surface area contributed by atoms with Gasteiger partial charge in [0.25, 0.3) is 0 Å². The molecule has 118 valence electrons. The van der Waals surface area contributed by atoms with Crippen LogP contribution in [0.4, 0.5) is 10.1 Å². The molecular weight excluding hydrogens is 263 g/mol. The van der Waals surface area contributed by atoms with E-state index in [0.717, 1.165) is 49.5 Å². The van der Waals surface area contributed by atoms with E-state index in [1.54, 1.807) is 6.07 Å². The zero-order valence-electron chi connectivity index (χ0n) is 13.8. The van der Waals surface area contributed by atoms with Gasteiger partial charge in [0, 0.05) is 19.1 Å². The molecule has 0 amide bonds. The highest BCUT2D eigenvalue weighted by atomic mass is 19.1. The van der Waals surface area contributed by atoms with Gasteiger partial charge in [0.2, 0.25) is 0 Å².